The van der Waals surface area contributed by atoms with E-state index in [9.17, 15) is 9.59 Å². The Morgan fingerprint density at radius 3 is 2.29 bits per heavy atom. The van der Waals surface area contributed by atoms with Crippen LogP contribution in [0.1, 0.15) is 19.3 Å². The van der Waals surface area contributed by atoms with E-state index in [0.717, 1.165) is 19.3 Å². The lowest BCUT2D eigenvalue weighted by Gasteiger charge is -2.29. The molecule has 2 unspecified atom stereocenters. The van der Waals surface area contributed by atoms with Gasteiger partial charge in [0.1, 0.15) is 0 Å². The van der Waals surface area contributed by atoms with Crippen LogP contribution in [0.5, 0.6) is 0 Å². The van der Waals surface area contributed by atoms with Gasteiger partial charge in [0.25, 0.3) is 0 Å². The molecule has 2 rings (SSSR count). The first-order valence-electron chi connectivity index (χ1n) is 4.73. The Bertz CT molecular complexity index is 294. The van der Waals surface area contributed by atoms with Crippen LogP contribution in [-0.4, -0.2) is 28.2 Å². The maximum absolute atomic E-state index is 11.7. The van der Waals surface area contributed by atoms with Crippen molar-refractivity contribution in [2.45, 2.75) is 19.3 Å². The highest BCUT2D eigenvalue weighted by atomic mass is 32.1. The van der Waals surface area contributed by atoms with Gasteiger partial charge in [0.15, 0.2) is 0 Å². The average molecular weight is 212 g/mol. The Kier molecular flexibility index (Phi) is 2.26. The fourth-order valence-electron chi connectivity index (χ4n) is 2.29. The normalized spacial score (nSPS) is 31.0. The van der Waals surface area contributed by atoms with E-state index in [-0.39, 0.29) is 35.2 Å². The summed E-state index contributed by atoms with van der Waals surface area (Å²) in [6.45, 7) is 0.111. The number of nitrogens with zero attached hydrogens (tertiary/aromatic N) is 1. The van der Waals surface area contributed by atoms with Gasteiger partial charge in [-0.15, -0.1) is 0 Å². The van der Waals surface area contributed by atoms with Gasteiger partial charge in [0, 0.05) is 11.8 Å². The summed E-state index contributed by atoms with van der Waals surface area (Å²) < 4.78 is 0. The second kappa shape index (κ2) is 3.31. The van der Waals surface area contributed by atoms with Gasteiger partial charge < -0.3 is 5.73 Å². The smallest absolute Gasteiger partial charge is 0.232 e. The lowest BCUT2D eigenvalue weighted by atomic mass is 9.97. The van der Waals surface area contributed by atoms with E-state index in [1.54, 1.807) is 0 Å². The summed E-state index contributed by atoms with van der Waals surface area (Å²) in [5, 5.41) is 0. The minimum atomic E-state index is -0.0865. The molecule has 2 atom stereocenters. The second-order valence-electron chi connectivity index (χ2n) is 3.94. The molecular weight excluding hydrogens is 200 g/mol. The van der Waals surface area contributed by atoms with Crippen molar-refractivity contribution in [2.24, 2.45) is 17.6 Å². The number of nitrogens with two attached hydrogens (primary N) is 1. The van der Waals surface area contributed by atoms with Crippen LogP contribution < -0.4 is 5.73 Å². The van der Waals surface area contributed by atoms with Crippen LogP contribution in [0.3, 0.4) is 0 Å². The number of thiocarbonyl (C=S) groups is 1. The maximum Gasteiger partial charge on any atom is 0.232 e. The third-order valence-corrected chi connectivity index (χ3v) is 3.11. The van der Waals surface area contributed by atoms with E-state index >= 15 is 0 Å². The quantitative estimate of drug-likeness (QED) is 0.519. The molecule has 5 heteroatoms. The summed E-state index contributed by atoms with van der Waals surface area (Å²) in [5.41, 5.74) is 5.34. The molecular formula is C9H12N2O2S. The van der Waals surface area contributed by atoms with E-state index in [2.05, 4.69) is 0 Å². The third kappa shape index (κ3) is 1.41. The molecule has 0 aromatic rings. The van der Waals surface area contributed by atoms with E-state index in [4.69, 9.17) is 18.0 Å². The molecule has 2 fully saturated rings. The predicted octanol–water partition coefficient (Wildman–Crippen LogP) is 0.0576. The molecule has 1 heterocycles. The van der Waals surface area contributed by atoms with E-state index in [1.807, 2.05) is 0 Å². The van der Waals surface area contributed by atoms with Crippen molar-refractivity contribution >= 4 is 29.0 Å². The molecule has 0 aromatic carbocycles. The summed E-state index contributed by atoms with van der Waals surface area (Å²) in [5.74, 6) is -0.104. The van der Waals surface area contributed by atoms with Crippen molar-refractivity contribution in [3.8, 4) is 0 Å². The predicted molar refractivity (Wildman–Crippen MR) is 54.3 cm³/mol. The molecule has 14 heavy (non-hydrogen) atoms. The van der Waals surface area contributed by atoms with Crippen molar-refractivity contribution in [2.75, 3.05) is 6.54 Å². The van der Waals surface area contributed by atoms with Gasteiger partial charge in [0.2, 0.25) is 11.8 Å². The number of hydrogen-bond acceptors (Lipinski definition) is 3. The van der Waals surface area contributed by atoms with Crippen molar-refractivity contribution < 1.29 is 9.59 Å². The van der Waals surface area contributed by atoms with E-state index in [0.29, 0.717) is 0 Å². The molecule has 0 spiro atoms. The standard InChI is InChI=1S/C9H12N2O2S/c10-7(14)4-11-8(12)5-1-2-6(3-5)9(11)13/h5-6H,1-4H2,(H2,10,14). The van der Waals surface area contributed by atoms with Crippen LogP contribution in [0.25, 0.3) is 0 Å². The van der Waals surface area contributed by atoms with Crippen molar-refractivity contribution in [1.29, 1.82) is 0 Å². The Balaban J connectivity index is 2.19. The number of amides is 2. The summed E-state index contributed by atoms with van der Waals surface area (Å²) in [6, 6.07) is 0. The fraction of sp³-hybridized carbons (Fsp3) is 0.667. The van der Waals surface area contributed by atoms with Crippen LogP contribution in [0.4, 0.5) is 0 Å². The summed E-state index contributed by atoms with van der Waals surface area (Å²) in [4.78, 5) is 24.9. The third-order valence-electron chi connectivity index (χ3n) is 2.98. The minimum absolute atomic E-state index is 0.0343. The average Bonchev–Trinajstić information content (AvgIpc) is 2.55. The monoisotopic (exact) mass is 212 g/mol. The Morgan fingerprint density at radius 2 is 1.86 bits per heavy atom. The fourth-order valence-corrected chi connectivity index (χ4v) is 2.42. The van der Waals surface area contributed by atoms with Crippen molar-refractivity contribution in [3.05, 3.63) is 0 Å². The topological polar surface area (TPSA) is 63.4 Å². The number of hydrogen-bond donors (Lipinski definition) is 1. The molecule has 2 N–H and O–H groups in total. The molecule has 1 aliphatic carbocycles. The number of carbonyl (C=O) groups is 2. The summed E-state index contributed by atoms with van der Waals surface area (Å²) in [7, 11) is 0. The highest BCUT2D eigenvalue weighted by Gasteiger charge is 2.45. The number of piperidine rings is 1. The SMILES string of the molecule is NC(=S)CN1C(=O)C2CCC(C2)C1=O. The minimum Gasteiger partial charge on any atom is -0.392 e. The zero-order chi connectivity index (χ0) is 10.3. The summed E-state index contributed by atoms with van der Waals surface area (Å²) in [6.07, 6.45) is 2.40. The lowest BCUT2D eigenvalue weighted by molar-refractivity contribution is -0.151. The number of likely N-dealkylation sites (tertiary alicyclic amines) is 1. The van der Waals surface area contributed by atoms with Crippen LogP contribution in [-0.2, 0) is 9.59 Å². The first-order chi connectivity index (χ1) is 6.59. The number of imide groups is 1. The largest absolute Gasteiger partial charge is 0.392 e. The van der Waals surface area contributed by atoms with Crippen LogP contribution >= 0.6 is 12.2 Å². The van der Waals surface area contributed by atoms with Crippen molar-refractivity contribution in [3.63, 3.8) is 0 Å². The maximum atomic E-state index is 11.7. The highest BCUT2D eigenvalue weighted by Crippen LogP contribution is 2.37. The van der Waals surface area contributed by atoms with Gasteiger partial charge >= 0.3 is 0 Å². The van der Waals surface area contributed by atoms with Gasteiger partial charge in [-0.3, -0.25) is 14.5 Å². The highest BCUT2D eigenvalue weighted by molar-refractivity contribution is 7.80. The molecule has 4 nitrogen and oxygen atoms in total. The van der Waals surface area contributed by atoms with E-state index in [1.165, 1.54) is 4.90 Å². The molecule has 0 aromatic heterocycles. The molecule has 2 amide bonds. The molecule has 0 radical (unpaired) electrons. The first-order valence-corrected chi connectivity index (χ1v) is 5.14. The number of fused-ring (bicyclic) bond motifs is 2. The number of carbonyl (C=O) groups excluding carboxylic acids is 2. The lowest BCUT2D eigenvalue weighted by Crippen LogP contribution is -2.49. The Labute approximate surface area is 87.4 Å². The molecule has 76 valence electrons. The van der Waals surface area contributed by atoms with Gasteiger partial charge in [-0.2, -0.15) is 0 Å². The molecule has 1 saturated carbocycles. The molecule has 1 aliphatic heterocycles. The van der Waals surface area contributed by atoms with Gasteiger partial charge in [-0.1, -0.05) is 12.2 Å². The Hall–Kier alpha value is -0.970. The second-order valence-corrected chi connectivity index (χ2v) is 4.46. The zero-order valence-corrected chi connectivity index (χ0v) is 8.55. The molecule has 2 aliphatic rings. The van der Waals surface area contributed by atoms with Crippen LogP contribution in [0.15, 0.2) is 0 Å². The van der Waals surface area contributed by atoms with Gasteiger partial charge in [-0.25, -0.2) is 0 Å². The molecule has 1 saturated heterocycles. The van der Waals surface area contributed by atoms with E-state index < -0.39 is 0 Å². The zero-order valence-electron chi connectivity index (χ0n) is 7.73. The summed E-state index contributed by atoms with van der Waals surface area (Å²) >= 11 is 4.71. The first kappa shape index (κ1) is 9.58. The van der Waals surface area contributed by atoms with Gasteiger partial charge in [0.05, 0.1) is 11.5 Å². The van der Waals surface area contributed by atoms with Gasteiger partial charge in [-0.05, 0) is 19.3 Å². The Morgan fingerprint density at radius 1 is 1.36 bits per heavy atom. The van der Waals surface area contributed by atoms with Crippen LogP contribution in [0, 0.1) is 11.8 Å². The molecule has 2 bridgehead atoms. The van der Waals surface area contributed by atoms with Crippen molar-refractivity contribution in [1.82, 2.24) is 4.90 Å². The van der Waals surface area contributed by atoms with Crippen LogP contribution in [0.2, 0.25) is 0 Å². The number of rotatable bonds is 2.